The maximum atomic E-state index is 11.6. The number of aromatic amines is 2. The van der Waals surface area contributed by atoms with E-state index in [-0.39, 0.29) is 18.0 Å². The van der Waals surface area contributed by atoms with Gasteiger partial charge in [-0.2, -0.15) is 0 Å². The van der Waals surface area contributed by atoms with Gasteiger partial charge in [0.15, 0.2) is 0 Å². The first kappa shape index (κ1) is 16.6. The van der Waals surface area contributed by atoms with E-state index in [4.69, 9.17) is 16.3 Å². The molecule has 0 aliphatic heterocycles. The predicted octanol–water partition coefficient (Wildman–Crippen LogP) is 2.59. The van der Waals surface area contributed by atoms with Gasteiger partial charge in [-0.25, -0.2) is 0 Å². The molecule has 6 nitrogen and oxygen atoms in total. The summed E-state index contributed by atoms with van der Waals surface area (Å²) in [7, 11) is 0. The fourth-order valence-corrected chi connectivity index (χ4v) is 2.48. The van der Waals surface area contributed by atoms with Crippen LogP contribution in [0.25, 0.3) is 0 Å². The van der Waals surface area contributed by atoms with Gasteiger partial charge in [-0.05, 0) is 24.6 Å². The predicted molar refractivity (Wildman–Crippen MR) is 87.1 cm³/mol. The van der Waals surface area contributed by atoms with Gasteiger partial charge >= 0.3 is 0 Å². The first-order valence-electron chi connectivity index (χ1n) is 6.66. The molecule has 1 aromatic heterocycles. The third kappa shape index (κ3) is 5.23. The summed E-state index contributed by atoms with van der Waals surface area (Å²) in [5, 5.41) is 8.31. The van der Waals surface area contributed by atoms with Crippen LogP contribution in [0.1, 0.15) is 18.5 Å². The van der Waals surface area contributed by atoms with Crippen LogP contribution in [0.3, 0.4) is 0 Å². The molecule has 3 N–H and O–H groups in total. The fraction of sp³-hybridized carbons (Fsp3) is 0.286. The number of halogens is 2. The van der Waals surface area contributed by atoms with Gasteiger partial charge in [0.05, 0.1) is 23.9 Å². The van der Waals surface area contributed by atoms with E-state index in [0.717, 1.165) is 4.47 Å². The summed E-state index contributed by atoms with van der Waals surface area (Å²) in [5.41, 5.74) is 0.417. The number of H-pyrrole nitrogens is 2. The summed E-state index contributed by atoms with van der Waals surface area (Å²) in [5.74, 6) is 0.489. The number of nitrogens with one attached hydrogen (secondary N) is 3. The van der Waals surface area contributed by atoms with Crippen molar-refractivity contribution in [1.82, 2.24) is 15.5 Å². The zero-order valence-electron chi connectivity index (χ0n) is 11.6. The van der Waals surface area contributed by atoms with Crippen molar-refractivity contribution in [2.24, 2.45) is 0 Å². The van der Waals surface area contributed by atoms with Gasteiger partial charge in [0.1, 0.15) is 5.75 Å². The largest absolute Gasteiger partial charge is 0.492 e. The van der Waals surface area contributed by atoms with E-state index in [0.29, 0.717) is 35.9 Å². The number of benzene rings is 1. The Morgan fingerprint density at radius 2 is 2.14 bits per heavy atom. The van der Waals surface area contributed by atoms with Crippen molar-refractivity contribution in [2.75, 3.05) is 6.61 Å². The lowest BCUT2D eigenvalue weighted by molar-refractivity contribution is -0.121. The Kier molecular flexibility index (Phi) is 6.09. The minimum atomic E-state index is -0.218. The van der Waals surface area contributed by atoms with E-state index in [1.54, 1.807) is 12.1 Å². The van der Waals surface area contributed by atoms with Gasteiger partial charge in [0.25, 0.3) is 5.56 Å². The molecule has 2 aromatic rings. The quantitative estimate of drug-likeness (QED) is 0.637. The van der Waals surface area contributed by atoms with Crippen LogP contribution < -0.4 is 15.6 Å². The minimum Gasteiger partial charge on any atom is -0.492 e. The van der Waals surface area contributed by atoms with E-state index in [1.165, 1.54) is 6.07 Å². The maximum absolute atomic E-state index is 11.6. The highest BCUT2D eigenvalue weighted by atomic mass is 79.9. The second kappa shape index (κ2) is 8.05. The lowest BCUT2D eigenvalue weighted by Gasteiger charge is -2.08. The molecule has 118 valence electrons. The molecular weight excluding hydrogens is 374 g/mol. The maximum Gasteiger partial charge on any atom is 0.264 e. The van der Waals surface area contributed by atoms with E-state index >= 15 is 0 Å². The van der Waals surface area contributed by atoms with Gasteiger partial charge < -0.3 is 15.2 Å². The highest BCUT2D eigenvalue weighted by molar-refractivity contribution is 9.10. The Labute approximate surface area is 140 Å². The highest BCUT2D eigenvalue weighted by Gasteiger charge is 2.05. The minimum absolute atomic E-state index is 0.104. The van der Waals surface area contributed by atoms with Crippen LogP contribution in [0.15, 0.2) is 33.5 Å². The van der Waals surface area contributed by atoms with Crippen LogP contribution in [0.4, 0.5) is 0 Å². The number of carbonyl (C=O) groups excluding carboxylic acids is 1. The van der Waals surface area contributed by atoms with E-state index in [9.17, 15) is 9.59 Å². The molecule has 0 aliphatic carbocycles. The molecule has 1 aromatic carbocycles. The number of carbonyl (C=O) groups is 1. The monoisotopic (exact) mass is 387 g/mol. The molecule has 0 unspecified atom stereocenters. The van der Waals surface area contributed by atoms with Crippen molar-refractivity contribution in [3.8, 4) is 5.75 Å². The van der Waals surface area contributed by atoms with Crippen molar-refractivity contribution in [2.45, 2.75) is 19.4 Å². The molecule has 8 heteroatoms. The average Bonchev–Trinajstić information content (AvgIpc) is 2.89. The second-order valence-corrected chi connectivity index (χ2v) is 5.91. The molecule has 0 atom stereocenters. The first-order valence-corrected chi connectivity index (χ1v) is 7.83. The van der Waals surface area contributed by atoms with Crippen LogP contribution in [0, 0.1) is 0 Å². The molecule has 22 heavy (non-hydrogen) atoms. The molecule has 0 spiro atoms. The molecule has 0 fully saturated rings. The number of hydrogen-bond donors (Lipinski definition) is 3. The van der Waals surface area contributed by atoms with E-state index < -0.39 is 0 Å². The second-order valence-electron chi connectivity index (χ2n) is 4.59. The van der Waals surface area contributed by atoms with Crippen LogP contribution in [-0.4, -0.2) is 22.7 Å². The average molecular weight is 389 g/mol. The summed E-state index contributed by atoms with van der Waals surface area (Å²) in [6.45, 7) is 0.687. The molecule has 0 saturated heterocycles. The SMILES string of the molecule is O=C(CCCOc1ccc(Br)cc1Cl)NCc1cc(=O)[nH][nH]1. The molecule has 0 radical (unpaired) electrons. The van der Waals surface area contributed by atoms with Gasteiger partial charge in [-0.15, -0.1) is 0 Å². The number of rotatable bonds is 7. The lowest BCUT2D eigenvalue weighted by Crippen LogP contribution is -2.23. The Balaban J connectivity index is 1.65. The van der Waals surface area contributed by atoms with Gasteiger partial charge in [0, 0.05) is 17.0 Å². The zero-order chi connectivity index (χ0) is 15.9. The Bertz CT molecular complexity index is 699. The van der Waals surface area contributed by atoms with E-state index in [2.05, 4.69) is 31.4 Å². The number of amides is 1. The smallest absolute Gasteiger partial charge is 0.264 e. The molecule has 1 amide bonds. The highest BCUT2D eigenvalue weighted by Crippen LogP contribution is 2.27. The first-order chi connectivity index (χ1) is 10.5. The molecule has 1 heterocycles. The Hall–Kier alpha value is -1.73. The molecule has 0 bridgehead atoms. The van der Waals surface area contributed by atoms with Crippen molar-refractivity contribution >= 4 is 33.4 Å². The molecule has 0 aliphatic rings. The summed E-state index contributed by atoms with van der Waals surface area (Å²) >= 11 is 9.34. The van der Waals surface area contributed by atoms with Crippen LogP contribution in [0.2, 0.25) is 5.02 Å². The van der Waals surface area contributed by atoms with Gasteiger partial charge in [0.2, 0.25) is 5.91 Å². The summed E-state index contributed by atoms with van der Waals surface area (Å²) in [4.78, 5) is 22.5. The third-order valence-electron chi connectivity index (χ3n) is 2.83. The van der Waals surface area contributed by atoms with Crippen molar-refractivity contribution < 1.29 is 9.53 Å². The summed E-state index contributed by atoms with van der Waals surface area (Å²) < 4.78 is 6.40. The normalized spacial score (nSPS) is 10.5. The number of aromatic nitrogens is 2. The standard InChI is InChI=1S/C14H15BrClN3O3/c15-9-3-4-12(11(16)6-9)22-5-1-2-13(20)17-8-10-7-14(21)19-18-10/h3-4,6-7H,1-2,5,8H2,(H,17,20)(H2,18,19,21). The lowest BCUT2D eigenvalue weighted by atomic mass is 10.3. The number of ether oxygens (including phenoxy) is 1. The van der Waals surface area contributed by atoms with Crippen molar-refractivity contribution in [3.05, 3.63) is 49.8 Å². The number of hydrogen-bond acceptors (Lipinski definition) is 3. The van der Waals surface area contributed by atoms with Gasteiger partial charge in [-0.1, -0.05) is 27.5 Å². The topological polar surface area (TPSA) is 87.0 Å². The molecule has 0 saturated carbocycles. The summed E-state index contributed by atoms with van der Waals surface area (Å²) in [6.07, 6.45) is 0.907. The zero-order valence-corrected chi connectivity index (χ0v) is 14.0. The van der Waals surface area contributed by atoms with Crippen LogP contribution >= 0.6 is 27.5 Å². The molecule has 2 rings (SSSR count). The Morgan fingerprint density at radius 3 is 2.82 bits per heavy atom. The van der Waals surface area contributed by atoms with Crippen molar-refractivity contribution in [1.29, 1.82) is 0 Å². The van der Waals surface area contributed by atoms with Gasteiger partial charge in [-0.3, -0.25) is 14.7 Å². The fourth-order valence-electron chi connectivity index (χ4n) is 1.76. The van der Waals surface area contributed by atoms with E-state index in [1.807, 2.05) is 6.07 Å². The van der Waals surface area contributed by atoms with Crippen LogP contribution in [-0.2, 0) is 11.3 Å². The van der Waals surface area contributed by atoms with Crippen LogP contribution in [0.5, 0.6) is 5.75 Å². The Morgan fingerprint density at radius 1 is 1.32 bits per heavy atom. The molecular formula is C14H15BrClN3O3. The summed E-state index contributed by atoms with van der Waals surface area (Å²) in [6, 6.07) is 6.76. The van der Waals surface area contributed by atoms with Crippen molar-refractivity contribution in [3.63, 3.8) is 0 Å². The third-order valence-corrected chi connectivity index (χ3v) is 3.62.